The number of H-pyrrole nitrogens is 2. The molecule has 0 aliphatic rings. The number of rotatable bonds is 11. The van der Waals surface area contributed by atoms with Crippen LogP contribution in [0, 0.1) is 0 Å². The van der Waals surface area contributed by atoms with Crippen LogP contribution in [0.15, 0.2) is 60.9 Å². The predicted octanol–water partition coefficient (Wildman–Crippen LogP) is 3.54. The molecule has 0 amide bonds. The van der Waals surface area contributed by atoms with E-state index in [9.17, 15) is 10.2 Å². The van der Waals surface area contributed by atoms with Gasteiger partial charge in [-0.2, -0.15) is 0 Å². The van der Waals surface area contributed by atoms with Crippen molar-refractivity contribution in [2.45, 2.75) is 32.1 Å². The van der Waals surface area contributed by atoms with Crippen LogP contribution in [0.5, 0.6) is 11.5 Å². The molecule has 32 heavy (non-hydrogen) atoms. The van der Waals surface area contributed by atoms with E-state index < -0.39 is 12.2 Å². The first kappa shape index (κ1) is 22.2. The lowest BCUT2D eigenvalue weighted by Gasteiger charge is -2.30. The Labute approximate surface area is 187 Å². The van der Waals surface area contributed by atoms with Gasteiger partial charge in [0.2, 0.25) is 0 Å². The second-order valence-electron chi connectivity index (χ2n) is 8.37. The maximum Gasteiger partial charge on any atom is 0.128 e. The number of hydrogen-bond acceptors (Lipinski definition) is 5. The van der Waals surface area contributed by atoms with Crippen LogP contribution < -0.4 is 9.47 Å². The first-order valence-corrected chi connectivity index (χ1v) is 11.0. The summed E-state index contributed by atoms with van der Waals surface area (Å²) in [7, 11) is 0. The van der Waals surface area contributed by atoms with E-state index in [0.717, 1.165) is 33.3 Å². The number of hydrogen-bond donors (Lipinski definition) is 4. The van der Waals surface area contributed by atoms with Gasteiger partial charge in [0, 0.05) is 53.3 Å². The normalized spacial score (nSPS) is 13.8. The Hall–Kier alpha value is -3.00. The largest absolute Gasteiger partial charge is 0.490 e. The van der Waals surface area contributed by atoms with Gasteiger partial charge in [0.25, 0.3) is 0 Å². The van der Waals surface area contributed by atoms with Crippen LogP contribution in [-0.4, -0.2) is 69.6 Å². The van der Waals surface area contributed by atoms with Crippen LogP contribution in [0.25, 0.3) is 21.8 Å². The lowest BCUT2D eigenvalue weighted by molar-refractivity contribution is 0.0200. The average molecular weight is 438 g/mol. The third-order valence-corrected chi connectivity index (χ3v) is 5.59. The van der Waals surface area contributed by atoms with Crippen molar-refractivity contribution in [1.82, 2.24) is 14.9 Å². The molecule has 0 radical (unpaired) electrons. The summed E-state index contributed by atoms with van der Waals surface area (Å²) >= 11 is 0. The number of nitrogens with one attached hydrogen (secondary N) is 2. The molecule has 2 heterocycles. The molecule has 2 aromatic carbocycles. The van der Waals surface area contributed by atoms with Gasteiger partial charge in [-0.05, 0) is 50.2 Å². The number of fused-ring (bicyclic) bond motifs is 2. The first-order chi connectivity index (χ1) is 15.5. The van der Waals surface area contributed by atoms with E-state index in [1.165, 1.54) is 0 Å². The zero-order chi connectivity index (χ0) is 22.5. The van der Waals surface area contributed by atoms with Crippen molar-refractivity contribution in [2.24, 2.45) is 0 Å². The quantitative estimate of drug-likeness (QED) is 0.288. The molecule has 7 nitrogen and oxygen atoms in total. The molecule has 4 N–H and O–H groups in total. The summed E-state index contributed by atoms with van der Waals surface area (Å²) in [4.78, 5) is 8.35. The number of ether oxygens (including phenoxy) is 2. The number of aliphatic hydroxyl groups is 2. The lowest BCUT2D eigenvalue weighted by atomic mass is 10.2. The van der Waals surface area contributed by atoms with Crippen molar-refractivity contribution in [3.05, 3.63) is 60.9 Å². The van der Waals surface area contributed by atoms with Gasteiger partial charge in [0.05, 0.1) is 0 Å². The number of aromatic nitrogens is 2. The first-order valence-electron chi connectivity index (χ1n) is 11.0. The van der Waals surface area contributed by atoms with Crippen molar-refractivity contribution in [3.63, 3.8) is 0 Å². The summed E-state index contributed by atoms with van der Waals surface area (Å²) < 4.78 is 11.8. The monoisotopic (exact) mass is 437 g/mol. The van der Waals surface area contributed by atoms with Gasteiger partial charge in [0.1, 0.15) is 36.9 Å². The van der Waals surface area contributed by atoms with Gasteiger partial charge >= 0.3 is 0 Å². The van der Waals surface area contributed by atoms with Gasteiger partial charge in [0.15, 0.2) is 0 Å². The fourth-order valence-corrected chi connectivity index (χ4v) is 3.88. The molecule has 0 spiro atoms. The summed E-state index contributed by atoms with van der Waals surface area (Å²) in [5.74, 6) is 1.48. The van der Waals surface area contributed by atoms with E-state index >= 15 is 0 Å². The van der Waals surface area contributed by atoms with E-state index in [2.05, 4.69) is 9.97 Å². The van der Waals surface area contributed by atoms with Gasteiger partial charge < -0.3 is 29.7 Å². The van der Waals surface area contributed by atoms with Crippen molar-refractivity contribution >= 4 is 21.8 Å². The highest BCUT2D eigenvalue weighted by atomic mass is 16.5. The fraction of sp³-hybridized carbons (Fsp3) is 0.360. The Balaban J connectivity index is 1.29. The van der Waals surface area contributed by atoms with Gasteiger partial charge in [-0.3, -0.25) is 4.90 Å². The van der Waals surface area contributed by atoms with E-state index in [1.54, 1.807) is 0 Å². The van der Waals surface area contributed by atoms with E-state index in [-0.39, 0.29) is 19.3 Å². The molecular weight excluding hydrogens is 406 g/mol. The SMILES string of the molecule is CC(C)N(C[C@@H](O)COc1cccc2[nH]ccc12)C[C@@H](O)COc1cccc2[nH]ccc12. The topological polar surface area (TPSA) is 93.7 Å². The van der Waals surface area contributed by atoms with Crippen LogP contribution >= 0.6 is 0 Å². The molecule has 2 atom stereocenters. The molecule has 0 saturated heterocycles. The highest BCUT2D eigenvalue weighted by molar-refractivity contribution is 5.86. The van der Waals surface area contributed by atoms with Crippen LogP contribution in [0.2, 0.25) is 0 Å². The average Bonchev–Trinajstić information content (AvgIpc) is 3.45. The summed E-state index contributed by atoms with van der Waals surface area (Å²) in [6, 6.07) is 15.7. The van der Waals surface area contributed by atoms with Gasteiger partial charge in [-0.15, -0.1) is 0 Å². The number of nitrogens with zero attached hydrogens (tertiary/aromatic N) is 1. The molecule has 0 bridgehead atoms. The second-order valence-corrected chi connectivity index (χ2v) is 8.37. The summed E-state index contributed by atoms with van der Waals surface area (Å²) in [6.07, 6.45) is 2.37. The third kappa shape index (κ3) is 5.24. The summed E-state index contributed by atoms with van der Waals surface area (Å²) in [6.45, 7) is 5.23. The predicted molar refractivity (Wildman–Crippen MR) is 126 cm³/mol. The van der Waals surface area contributed by atoms with Crippen molar-refractivity contribution in [2.75, 3.05) is 26.3 Å². The minimum absolute atomic E-state index is 0.153. The Bertz CT molecular complexity index is 1050. The van der Waals surface area contributed by atoms with E-state index in [1.807, 2.05) is 79.7 Å². The van der Waals surface area contributed by atoms with Crippen LogP contribution in [0.3, 0.4) is 0 Å². The molecule has 170 valence electrons. The summed E-state index contributed by atoms with van der Waals surface area (Å²) in [5.41, 5.74) is 2.00. The highest BCUT2D eigenvalue weighted by Gasteiger charge is 2.20. The van der Waals surface area contributed by atoms with Gasteiger partial charge in [-0.25, -0.2) is 0 Å². The molecule has 4 aromatic rings. The highest BCUT2D eigenvalue weighted by Crippen LogP contribution is 2.25. The van der Waals surface area contributed by atoms with Crippen molar-refractivity contribution < 1.29 is 19.7 Å². The smallest absolute Gasteiger partial charge is 0.128 e. The van der Waals surface area contributed by atoms with Crippen LogP contribution in [0.4, 0.5) is 0 Å². The fourth-order valence-electron chi connectivity index (χ4n) is 3.88. The molecule has 0 saturated carbocycles. The van der Waals surface area contributed by atoms with Crippen LogP contribution in [0.1, 0.15) is 13.8 Å². The van der Waals surface area contributed by atoms with Crippen molar-refractivity contribution in [3.8, 4) is 11.5 Å². The maximum atomic E-state index is 10.6. The third-order valence-electron chi connectivity index (χ3n) is 5.59. The Kier molecular flexibility index (Phi) is 6.99. The van der Waals surface area contributed by atoms with Crippen molar-refractivity contribution in [1.29, 1.82) is 0 Å². The molecule has 4 rings (SSSR count). The molecule has 0 aliphatic carbocycles. The standard InChI is InChI=1S/C25H31N3O4/c1-17(2)28(13-18(29)15-31-24-7-3-5-22-20(24)9-11-26-22)14-19(30)16-32-25-8-4-6-23-21(25)10-12-27-23/h3-12,17-19,26-27,29-30H,13-16H2,1-2H3/t18-,19-/m1/s1. The Morgan fingerprint density at radius 1 is 0.750 bits per heavy atom. The van der Waals surface area contributed by atoms with E-state index in [4.69, 9.17) is 9.47 Å². The number of benzene rings is 2. The molecule has 0 aliphatic heterocycles. The van der Waals surface area contributed by atoms with Gasteiger partial charge in [-0.1, -0.05) is 12.1 Å². The minimum atomic E-state index is -0.687. The zero-order valence-electron chi connectivity index (χ0n) is 18.5. The zero-order valence-corrected chi connectivity index (χ0v) is 18.5. The molecule has 0 unspecified atom stereocenters. The van der Waals surface area contributed by atoms with Crippen LogP contribution in [-0.2, 0) is 0 Å². The summed E-state index contributed by atoms with van der Waals surface area (Å²) in [5, 5.41) is 23.1. The maximum absolute atomic E-state index is 10.6. The molecule has 7 heteroatoms. The number of aromatic amines is 2. The Morgan fingerprint density at radius 3 is 1.66 bits per heavy atom. The van der Waals surface area contributed by atoms with E-state index in [0.29, 0.717) is 13.1 Å². The molecular formula is C25H31N3O4. The lowest BCUT2D eigenvalue weighted by Crippen LogP contribution is -2.45. The number of aliphatic hydroxyl groups excluding tert-OH is 2. The molecule has 0 fully saturated rings. The second kappa shape index (κ2) is 10.1. The Morgan fingerprint density at radius 2 is 1.22 bits per heavy atom. The molecule has 2 aromatic heterocycles. The minimum Gasteiger partial charge on any atom is -0.490 e.